The van der Waals surface area contributed by atoms with E-state index in [-0.39, 0.29) is 6.03 Å². The minimum Gasteiger partial charge on any atom is -0.337 e. The van der Waals surface area contributed by atoms with Gasteiger partial charge in [0, 0.05) is 24.9 Å². The summed E-state index contributed by atoms with van der Waals surface area (Å²) in [4.78, 5) is 13.5. The van der Waals surface area contributed by atoms with Gasteiger partial charge in [-0.25, -0.2) is 4.79 Å². The fourth-order valence-electron chi connectivity index (χ4n) is 2.04. The number of thioether (sulfide) groups is 1. The first-order valence-corrected chi connectivity index (χ1v) is 6.55. The van der Waals surface area contributed by atoms with Gasteiger partial charge in [0.05, 0.1) is 0 Å². The summed E-state index contributed by atoms with van der Waals surface area (Å²) in [6, 6.07) is 0.148. The van der Waals surface area contributed by atoms with Crippen molar-refractivity contribution in [2.45, 2.75) is 30.9 Å². The van der Waals surface area contributed by atoms with Gasteiger partial charge < -0.3 is 10.2 Å². The van der Waals surface area contributed by atoms with E-state index in [0.29, 0.717) is 5.25 Å². The number of nitrogens with zero attached hydrogens (tertiary/aromatic N) is 1. The molecule has 14 heavy (non-hydrogen) atoms. The second-order valence-electron chi connectivity index (χ2n) is 4.02. The second-order valence-corrected chi connectivity index (χ2v) is 5.42. The van der Waals surface area contributed by atoms with Crippen LogP contribution in [0.25, 0.3) is 0 Å². The molecule has 0 radical (unpaired) electrons. The third-order valence-corrected chi connectivity index (χ3v) is 4.30. The van der Waals surface area contributed by atoms with Crippen molar-refractivity contribution in [3.8, 4) is 0 Å². The molecule has 0 aromatic carbocycles. The maximum atomic E-state index is 11.6. The molecule has 2 aliphatic heterocycles. The Morgan fingerprint density at radius 1 is 1.36 bits per heavy atom. The lowest BCUT2D eigenvalue weighted by atomic mass is 10.2. The molecular formula is C10H18N2OS. The zero-order valence-electron chi connectivity index (χ0n) is 8.50. The number of urea groups is 1. The highest BCUT2D eigenvalue weighted by Crippen LogP contribution is 2.25. The first-order valence-electron chi connectivity index (χ1n) is 5.50. The Labute approximate surface area is 89.6 Å². The van der Waals surface area contributed by atoms with Gasteiger partial charge in [-0.1, -0.05) is 0 Å². The van der Waals surface area contributed by atoms with Crippen molar-refractivity contribution in [1.82, 2.24) is 10.2 Å². The molecule has 3 nitrogen and oxygen atoms in total. The topological polar surface area (TPSA) is 32.3 Å². The fourth-order valence-corrected chi connectivity index (χ4v) is 3.24. The van der Waals surface area contributed by atoms with E-state index >= 15 is 0 Å². The number of carbonyl (C=O) groups is 1. The molecule has 4 heteroatoms. The van der Waals surface area contributed by atoms with E-state index in [1.54, 1.807) is 0 Å². The summed E-state index contributed by atoms with van der Waals surface area (Å²) >= 11 is 1.99. The molecule has 0 bridgehead atoms. The van der Waals surface area contributed by atoms with E-state index in [0.717, 1.165) is 19.6 Å². The van der Waals surface area contributed by atoms with Crippen LogP contribution in [0.3, 0.4) is 0 Å². The molecule has 0 aliphatic carbocycles. The first kappa shape index (κ1) is 10.1. The van der Waals surface area contributed by atoms with Crippen LogP contribution in [0.4, 0.5) is 4.79 Å². The van der Waals surface area contributed by atoms with Gasteiger partial charge in [0.15, 0.2) is 0 Å². The number of likely N-dealkylation sites (tertiary alicyclic amines) is 1. The molecule has 1 atom stereocenters. The van der Waals surface area contributed by atoms with Crippen molar-refractivity contribution in [3.63, 3.8) is 0 Å². The molecule has 1 N–H and O–H groups in total. The summed E-state index contributed by atoms with van der Waals surface area (Å²) in [6.07, 6.45) is 4.93. The zero-order chi connectivity index (χ0) is 9.80. The largest absolute Gasteiger partial charge is 0.337 e. The molecule has 0 aromatic rings. The second kappa shape index (κ2) is 4.91. The lowest BCUT2D eigenvalue weighted by Crippen LogP contribution is -2.40. The van der Waals surface area contributed by atoms with E-state index in [2.05, 4.69) is 5.32 Å². The normalized spacial score (nSPS) is 26.9. The van der Waals surface area contributed by atoms with E-state index in [1.807, 2.05) is 16.7 Å². The summed E-state index contributed by atoms with van der Waals surface area (Å²) < 4.78 is 0. The number of nitrogens with one attached hydrogen (secondary N) is 1. The van der Waals surface area contributed by atoms with Gasteiger partial charge in [-0.15, -0.1) is 0 Å². The van der Waals surface area contributed by atoms with Crippen LogP contribution in [-0.2, 0) is 0 Å². The van der Waals surface area contributed by atoms with Crippen LogP contribution in [0.2, 0.25) is 0 Å². The molecule has 2 aliphatic rings. The lowest BCUT2D eigenvalue weighted by molar-refractivity contribution is 0.209. The Bertz CT molecular complexity index is 198. The SMILES string of the molecule is O=C(NCC1CCCS1)N1CCCC1. The summed E-state index contributed by atoms with van der Waals surface area (Å²) in [6.45, 7) is 2.76. The standard InChI is InChI=1S/C10H18N2OS/c13-10(12-5-1-2-6-12)11-8-9-4-3-7-14-9/h9H,1-8H2,(H,11,13). The van der Waals surface area contributed by atoms with Gasteiger partial charge >= 0.3 is 6.03 Å². The Kier molecular flexibility index (Phi) is 3.56. The van der Waals surface area contributed by atoms with Gasteiger partial charge in [0.2, 0.25) is 0 Å². The highest BCUT2D eigenvalue weighted by Gasteiger charge is 2.20. The van der Waals surface area contributed by atoms with E-state index in [9.17, 15) is 4.79 Å². The highest BCUT2D eigenvalue weighted by atomic mass is 32.2. The lowest BCUT2D eigenvalue weighted by Gasteiger charge is -2.17. The van der Waals surface area contributed by atoms with Crippen molar-refractivity contribution in [2.24, 2.45) is 0 Å². The molecule has 0 aromatic heterocycles. The Balaban J connectivity index is 1.66. The third kappa shape index (κ3) is 2.56. The van der Waals surface area contributed by atoms with Crippen molar-refractivity contribution in [3.05, 3.63) is 0 Å². The number of hydrogen-bond donors (Lipinski definition) is 1. The van der Waals surface area contributed by atoms with Gasteiger partial charge in [0.25, 0.3) is 0 Å². The van der Waals surface area contributed by atoms with E-state index < -0.39 is 0 Å². The maximum Gasteiger partial charge on any atom is 0.317 e. The quantitative estimate of drug-likeness (QED) is 0.758. The van der Waals surface area contributed by atoms with Crippen molar-refractivity contribution < 1.29 is 4.79 Å². The molecule has 2 amide bonds. The Morgan fingerprint density at radius 2 is 2.14 bits per heavy atom. The average molecular weight is 214 g/mol. The van der Waals surface area contributed by atoms with Crippen LogP contribution in [0, 0.1) is 0 Å². The fraction of sp³-hybridized carbons (Fsp3) is 0.900. The molecule has 80 valence electrons. The monoisotopic (exact) mass is 214 g/mol. The molecule has 1 unspecified atom stereocenters. The van der Waals surface area contributed by atoms with Crippen LogP contribution in [0.15, 0.2) is 0 Å². The van der Waals surface area contributed by atoms with E-state index in [4.69, 9.17) is 0 Å². The van der Waals surface area contributed by atoms with Crippen LogP contribution >= 0.6 is 11.8 Å². The predicted octanol–water partition coefficient (Wildman–Crippen LogP) is 1.69. The van der Waals surface area contributed by atoms with Crippen LogP contribution in [0.5, 0.6) is 0 Å². The smallest absolute Gasteiger partial charge is 0.317 e. The number of amides is 2. The summed E-state index contributed by atoms with van der Waals surface area (Å²) in [7, 11) is 0. The van der Waals surface area contributed by atoms with Gasteiger partial charge in [-0.3, -0.25) is 0 Å². The molecule has 2 rings (SSSR count). The number of rotatable bonds is 2. The Morgan fingerprint density at radius 3 is 2.79 bits per heavy atom. The third-order valence-electron chi connectivity index (χ3n) is 2.90. The molecular weight excluding hydrogens is 196 g/mol. The van der Waals surface area contributed by atoms with Crippen LogP contribution in [-0.4, -0.2) is 41.6 Å². The number of carbonyl (C=O) groups excluding carboxylic acids is 1. The van der Waals surface area contributed by atoms with E-state index in [1.165, 1.54) is 31.4 Å². The molecule has 0 spiro atoms. The van der Waals surface area contributed by atoms with Crippen molar-refractivity contribution >= 4 is 17.8 Å². The van der Waals surface area contributed by atoms with Crippen LogP contribution in [0.1, 0.15) is 25.7 Å². The summed E-state index contributed by atoms with van der Waals surface area (Å²) in [5.74, 6) is 1.27. The molecule has 2 heterocycles. The zero-order valence-corrected chi connectivity index (χ0v) is 9.31. The highest BCUT2D eigenvalue weighted by molar-refractivity contribution is 8.00. The molecule has 2 saturated heterocycles. The minimum atomic E-state index is 0.148. The van der Waals surface area contributed by atoms with Gasteiger partial charge in [0.1, 0.15) is 0 Å². The summed E-state index contributed by atoms with van der Waals surface area (Å²) in [5, 5.41) is 3.70. The van der Waals surface area contributed by atoms with Gasteiger partial charge in [-0.2, -0.15) is 11.8 Å². The summed E-state index contributed by atoms with van der Waals surface area (Å²) in [5.41, 5.74) is 0. The average Bonchev–Trinajstić information content (AvgIpc) is 2.87. The van der Waals surface area contributed by atoms with Crippen LogP contribution < -0.4 is 5.32 Å². The number of hydrogen-bond acceptors (Lipinski definition) is 2. The van der Waals surface area contributed by atoms with Crippen molar-refractivity contribution in [1.29, 1.82) is 0 Å². The van der Waals surface area contributed by atoms with Crippen molar-refractivity contribution in [2.75, 3.05) is 25.4 Å². The predicted molar refractivity (Wildman–Crippen MR) is 59.7 cm³/mol. The maximum absolute atomic E-state index is 11.6. The van der Waals surface area contributed by atoms with Gasteiger partial charge in [-0.05, 0) is 31.4 Å². The minimum absolute atomic E-state index is 0.148. The molecule has 2 fully saturated rings. The Hall–Kier alpha value is -0.380. The first-order chi connectivity index (χ1) is 6.86. The molecule has 0 saturated carbocycles.